The fourth-order valence-electron chi connectivity index (χ4n) is 1.87. The Morgan fingerprint density at radius 2 is 2.00 bits per heavy atom. The summed E-state index contributed by atoms with van der Waals surface area (Å²) in [7, 11) is 0. The zero-order valence-electron chi connectivity index (χ0n) is 10.8. The first-order valence-electron chi connectivity index (χ1n) is 5.85. The lowest BCUT2D eigenvalue weighted by atomic mass is 10.1. The number of benzene rings is 1. The molecule has 0 aliphatic carbocycles. The first-order chi connectivity index (χ1) is 8.33. The average molecular weight is 252 g/mol. The van der Waals surface area contributed by atoms with Crippen LogP contribution in [0.3, 0.4) is 0 Å². The van der Waals surface area contributed by atoms with Crippen molar-refractivity contribution in [3.8, 4) is 0 Å². The molecule has 0 spiro atoms. The second-order valence-corrected chi connectivity index (χ2v) is 5.38. The summed E-state index contributed by atoms with van der Waals surface area (Å²) in [5.41, 5.74) is 4.04. The predicted molar refractivity (Wildman–Crippen MR) is 65.0 cm³/mol. The number of hydrogen-bond donors (Lipinski definition) is 1. The Hall–Kier alpha value is -1.62. The van der Waals surface area contributed by atoms with E-state index in [4.69, 9.17) is 4.74 Å². The van der Waals surface area contributed by atoms with Crippen molar-refractivity contribution in [2.45, 2.75) is 39.5 Å². The van der Waals surface area contributed by atoms with E-state index in [2.05, 4.69) is 5.43 Å². The van der Waals surface area contributed by atoms with E-state index in [1.165, 1.54) is 12.1 Å². The van der Waals surface area contributed by atoms with Crippen molar-refractivity contribution in [3.05, 3.63) is 35.1 Å². The maximum absolute atomic E-state index is 13.0. The number of carbonyl (C=O) groups is 1. The van der Waals surface area contributed by atoms with Gasteiger partial charge in [0, 0.05) is 13.1 Å². The van der Waals surface area contributed by atoms with E-state index in [0.717, 1.165) is 11.1 Å². The van der Waals surface area contributed by atoms with Gasteiger partial charge in [-0.3, -0.25) is 5.43 Å². The van der Waals surface area contributed by atoms with Gasteiger partial charge in [0.05, 0.1) is 0 Å². The third-order valence-electron chi connectivity index (χ3n) is 2.54. The highest BCUT2D eigenvalue weighted by Gasteiger charge is 2.23. The molecule has 0 bridgehead atoms. The molecular weight excluding hydrogens is 235 g/mol. The molecule has 1 aliphatic heterocycles. The number of fused-ring (bicyclic) bond motifs is 1. The molecule has 0 aromatic heterocycles. The lowest BCUT2D eigenvalue weighted by Gasteiger charge is -2.23. The van der Waals surface area contributed by atoms with Crippen LogP contribution in [0, 0.1) is 5.82 Å². The summed E-state index contributed by atoms with van der Waals surface area (Å²) in [4.78, 5) is 11.6. The quantitative estimate of drug-likeness (QED) is 0.835. The van der Waals surface area contributed by atoms with Crippen LogP contribution in [0.5, 0.6) is 0 Å². The van der Waals surface area contributed by atoms with Gasteiger partial charge in [-0.2, -0.15) is 0 Å². The molecule has 18 heavy (non-hydrogen) atoms. The number of halogens is 1. The summed E-state index contributed by atoms with van der Waals surface area (Å²) in [6.45, 7) is 6.48. The predicted octanol–water partition coefficient (Wildman–Crippen LogP) is 2.58. The molecule has 0 saturated carbocycles. The number of carbonyl (C=O) groups excluding carboxylic acids is 1. The third-order valence-corrected chi connectivity index (χ3v) is 2.54. The van der Waals surface area contributed by atoms with E-state index in [9.17, 15) is 9.18 Å². The van der Waals surface area contributed by atoms with Crippen molar-refractivity contribution in [1.29, 1.82) is 0 Å². The van der Waals surface area contributed by atoms with E-state index < -0.39 is 11.7 Å². The SMILES string of the molecule is CC(C)(C)OC(=O)NN1Cc2ccc(F)cc2C1. The highest BCUT2D eigenvalue weighted by Crippen LogP contribution is 2.22. The smallest absolute Gasteiger partial charge is 0.422 e. The lowest BCUT2D eigenvalue weighted by Crippen LogP contribution is -2.41. The van der Waals surface area contributed by atoms with Crippen LogP contribution < -0.4 is 5.43 Å². The summed E-state index contributed by atoms with van der Waals surface area (Å²) in [5, 5.41) is 1.71. The molecule has 0 radical (unpaired) electrons. The van der Waals surface area contributed by atoms with Gasteiger partial charge in [-0.15, -0.1) is 0 Å². The van der Waals surface area contributed by atoms with E-state index >= 15 is 0 Å². The Bertz CT molecular complexity index is 469. The van der Waals surface area contributed by atoms with Crippen LogP contribution in [0.15, 0.2) is 18.2 Å². The van der Waals surface area contributed by atoms with Gasteiger partial charge in [0.25, 0.3) is 0 Å². The second-order valence-electron chi connectivity index (χ2n) is 5.38. The molecule has 2 rings (SSSR count). The first-order valence-corrected chi connectivity index (χ1v) is 5.85. The molecule has 1 heterocycles. The second kappa shape index (κ2) is 4.57. The van der Waals surface area contributed by atoms with Gasteiger partial charge < -0.3 is 4.74 Å². The van der Waals surface area contributed by atoms with Crippen molar-refractivity contribution in [2.24, 2.45) is 0 Å². The summed E-state index contributed by atoms with van der Waals surface area (Å²) >= 11 is 0. The molecule has 1 aromatic carbocycles. The maximum Gasteiger partial charge on any atom is 0.422 e. The Balaban J connectivity index is 1.94. The molecule has 5 heteroatoms. The van der Waals surface area contributed by atoms with E-state index in [-0.39, 0.29) is 5.82 Å². The zero-order valence-corrected chi connectivity index (χ0v) is 10.8. The van der Waals surface area contributed by atoms with Gasteiger partial charge >= 0.3 is 6.09 Å². The summed E-state index contributed by atoms with van der Waals surface area (Å²) < 4.78 is 18.2. The van der Waals surface area contributed by atoms with Crippen LogP contribution in [0.25, 0.3) is 0 Å². The standard InChI is InChI=1S/C13H17FN2O2/c1-13(2,3)18-12(17)15-16-7-9-4-5-11(14)6-10(9)8-16/h4-6H,7-8H2,1-3H3,(H,15,17). The minimum Gasteiger partial charge on any atom is -0.443 e. The molecule has 0 fully saturated rings. The van der Waals surface area contributed by atoms with Crippen LogP contribution in [0.2, 0.25) is 0 Å². The molecule has 0 atom stereocenters. The Kier molecular flexibility index (Phi) is 3.26. The number of ether oxygens (including phenoxy) is 1. The normalized spacial score (nSPS) is 15.3. The van der Waals surface area contributed by atoms with Crippen molar-refractivity contribution in [1.82, 2.24) is 10.4 Å². The van der Waals surface area contributed by atoms with Gasteiger partial charge in [0.15, 0.2) is 0 Å². The van der Waals surface area contributed by atoms with E-state index in [1.54, 1.807) is 31.8 Å². The Morgan fingerprint density at radius 1 is 1.33 bits per heavy atom. The molecule has 98 valence electrons. The fraction of sp³-hybridized carbons (Fsp3) is 0.462. The number of nitrogens with one attached hydrogen (secondary N) is 1. The average Bonchev–Trinajstić information content (AvgIpc) is 2.55. The largest absolute Gasteiger partial charge is 0.443 e. The van der Waals surface area contributed by atoms with Crippen LogP contribution >= 0.6 is 0 Å². The number of hydrogen-bond acceptors (Lipinski definition) is 3. The number of nitrogens with zero attached hydrogens (tertiary/aromatic N) is 1. The summed E-state index contributed by atoms with van der Waals surface area (Å²) in [5.74, 6) is -0.257. The molecule has 1 aromatic rings. The van der Waals surface area contributed by atoms with Crippen LogP contribution in [0.4, 0.5) is 9.18 Å². The number of amides is 1. The molecule has 0 saturated heterocycles. The number of rotatable bonds is 1. The summed E-state index contributed by atoms with van der Waals surface area (Å²) in [6.07, 6.45) is -0.490. The molecule has 4 nitrogen and oxygen atoms in total. The molecule has 1 N–H and O–H groups in total. The molecule has 0 unspecified atom stereocenters. The Morgan fingerprint density at radius 3 is 2.67 bits per heavy atom. The molecular formula is C13H17FN2O2. The lowest BCUT2D eigenvalue weighted by molar-refractivity contribution is 0.0323. The van der Waals surface area contributed by atoms with Gasteiger partial charge in [-0.1, -0.05) is 6.07 Å². The Labute approximate surface area is 106 Å². The van der Waals surface area contributed by atoms with Gasteiger partial charge in [-0.05, 0) is 44.0 Å². The highest BCUT2D eigenvalue weighted by molar-refractivity contribution is 5.67. The molecule has 1 aliphatic rings. The van der Waals surface area contributed by atoms with Crippen molar-refractivity contribution < 1.29 is 13.9 Å². The van der Waals surface area contributed by atoms with E-state index in [1.807, 2.05) is 0 Å². The highest BCUT2D eigenvalue weighted by atomic mass is 19.1. The monoisotopic (exact) mass is 252 g/mol. The van der Waals surface area contributed by atoms with Crippen LogP contribution in [-0.2, 0) is 17.8 Å². The van der Waals surface area contributed by atoms with Gasteiger partial charge in [0.1, 0.15) is 11.4 Å². The van der Waals surface area contributed by atoms with Crippen LogP contribution in [0.1, 0.15) is 31.9 Å². The van der Waals surface area contributed by atoms with Crippen LogP contribution in [-0.4, -0.2) is 16.7 Å². The fourth-order valence-corrected chi connectivity index (χ4v) is 1.87. The topological polar surface area (TPSA) is 41.6 Å². The van der Waals surface area contributed by atoms with Crippen molar-refractivity contribution in [3.63, 3.8) is 0 Å². The molecule has 1 amide bonds. The summed E-state index contributed by atoms with van der Waals surface area (Å²) in [6, 6.07) is 4.66. The third kappa shape index (κ3) is 3.20. The van der Waals surface area contributed by atoms with Crippen molar-refractivity contribution in [2.75, 3.05) is 0 Å². The van der Waals surface area contributed by atoms with Gasteiger partial charge in [0.2, 0.25) is 0 Å². The minimum atomic E-state index is -0.525. The number of hydrazine groups is 1. The maximum atomic E-state index is 13.0. The first kappa shape index (κ1) is 12.8. The van der Waals surface area contributed by atoms with E-state index in [0.29, 0.717) is 13.1 Å². The zero-order chi connectivity index (χ0) is 13.3. The minimum absolute atomic E-state index is 0.257. The van der Waals surface area contributed by atoms with Gasteiger partial charge in [-0.25, -0.2) is 14.2 Å². The van der Waals surface area contributed by atoms with Crippen molar-refractivity contribution >= 4 is 6.09 Å².